The lowest BCUT2D eigenvalue weighted by molar-refractivity contribution is 0.338. The van der Waals surface area contributed by atoms with Gasteiger partial charge < -0.3 is 10.1 Å². The molecule has 0 aromatic heterocycles. The Morgan fingerprint density at radius 2 is 2.05 bits per heavy atom. The molecule has 1 aliphatic heterocycles. The monoisotopic (exact) mass is 408 g/mol. The zero-order valence-electron chi connectivity index (χ0n) is 11.7. The Morgan fingerprint density at radius 1 is 1.36 bits per heavy atom. The highest BCUT2D eigenvalue weighted by Gasteiger charge is 2.39. The summed E-state index contributed by atoms with van der Waals surface area (Å²) in [7, 11) is -1.65. The van der Waals surface area contributed by atoms with Crippen molar-refractivity contribution in [2.45, 2.75) is 15.2 Å². The summed E-state index contributed by atoms with van der Waals surface area (Å²) in [6.45, 7) is 0.247. The molecular formula is C12H16Cl4N2O3S. The molecule has 22 heavy (non-hydrogen) atoms. The predicted molar refractivity (Wildman–Crippen MR) is 93.1 cm³/mol. The number of methoxy groups -OCH3 is 1. The number of ether oxygens (including phenoxy) is 1. The summed E-state index contributed by atoms with van der Waals surface area (Å²) in [5.41, 5.74) is 0. The normalized spacial score (nSPS) is 26.0. The first kappa shape index (κ1) is 19.9. The summed E-state index contributed by atoms with van der Waals surface area (Å²) in [6.07, 6.45) is 6.61. The van der Waals surface area contributed by atoms with Crippen LogP contribution in [0.3, 0.4) is 0 Å². The highest BCUT2D eigenvalue weighted by Crippen LogP contribution is 2.28. The van der Waals surface area contributed by atoms with Crippen LogP contribution in [0.5, 0.6) is 0 Å². The largest absolute Gasteiger partial charge is 0.504 e. The van der Waals surface area contributed by atoms with E-state index in [1.165, 1.54) is 13.4 Å². The first-order valence-corrected chi connectivity index (χ1v) is 9.62. The first-order chi connectivity index (χ1) is 10.2. The topological polar surface area (TPSA) is 67.8 Å². The third-order valence-corrected chi connectivity index (χ3v) is 5.60. The van der Waals surface area contributed by atoms with Gasteiger partial charge in [-0.15, -0.1) is 11.6 Å². The van der Waals surface area contributed by atoms with Gasteiger partial charge in [-0.2, -0.15) is 0 Å². The van der Waals surface area contributed by atoms with Gasteiger partial charge in [0.1, 0.15) is 5.84 Å². The van der Waals surface area contributed by atoms with E-state index in [0.717, 1.165) is 0 Å². The summed E-state index contributed by atoms with van der Waals surface area (Å²) in [5, 5.41) is 2.24. The maximum absolute atomic E-state index is 11.5. The van der Waals surface area contributed by atoms with Gasteiger partial charge in [0.15, 0.2) is 9.84 Å². The van der Waals surface area contributed by atoms with E-state index in [9.17, 15) is 8.42 Å². The molecule has 0 spiro atoms. The lowest BCUT2D eigenvalue weighted by Crippen LogP contribution is -2.46. The Morgan fingerprint density at radius 3 is 2.55 bits per heavy atom. The minimum absolute atomic E-state index is 0.0608. The minimum Gasteiger partial charge on any atom is -0.504 e. The second-order valence-corrected chi connectivity index (χ2v) is 9.52. The van der Waals surface area contributed by atoms with Crippen molar-refractivity contribution in [3.8, 4) is 0 Å². The average Bonchev–Trinajstić information content (AvgIpc) is 2.63. The van der Waals surface area contributed by atoms with E-state index in [4.69, 9.17) is 51.1 Å². The van der Waals surface area contributed by atoms with Crippen LogP contribution in [0.4, 0.5) is 0 Å². The van der Waals surface area contributed by atoms with Crippen molar-refractivity contribution in [1.82, 2.24) is 5.32 Å². The first-order valence-electron chi connectivity index (χ1n) is 6.23. The quantitative estimate of drug-likeness (QED) is 0.249. The molecule has 0 bridgehead atoms. The third-order valence-electron chi connectivity index (χ3n) is 2.69. The van der Waals surface area contributed by atoms with Gasteiger partial charge in [0.2, 0.25) is 3.79 Å². The van der Waals surface area contributed by atoms with Crippen LogP contribution in [0.2, 0.25) is 0 Å². The maximum Gasteiger partial charge on any atom is 0.247 e. The van der Waals surface area contributed by atoms with Crippen molar-refractivity contribution in [2.75, 3.05) is 25.2 Å². The van der Waals surface area contributed by atoms with E-state index in [-0.39, 0.29) is 23.9 Å². The molecule has 1 rings (SSSR count). The molecule has 0 amide bonds. The highest BCUT2D eigenvalue weighted by atomic mass is 35.6. The van der Waals surface area contributed by atoms with Crippen LogP contribution in [0.25, 0.3) is 0 Å². The lowest BCUT2D eigenvalue weighted by Gasteiger charge is -2.22. The molecule has 1 heterocycles. The second kappa shape index (κ2) is 8.64. The fourth-order valence-corrected chi connectivity index (χ4v) is 4.63. The fourth-order valence-electron chi connectivity index (χ4n) is 1.74. The van der Waals surface area contributed by atoms with Gasteiger partial charge in [0.25, 0.3) is 0 Å². The maximum atomic E-state index is 11.5. The predicted octanol–water partition coefficient (Wildman–Crippen LogP) is 2.47. The van der Waals surface area contributed by atoms with E-state index in [2.05, 4.69) is 10.3 Å². The van der Waals surface area contributed by atoms with Crippen LogP contribution in [0.15, 0.2) is 29.5 Å². The number of nitrogens with zero attached hydrogens (tertiary/aromatic N) is 1. The second-order valence-electron chi connectivity index (χ2n) is 4.52. The zero-order valence-corrected chi connectivity index (χ0v) is 15.5. The highest BCUT2D eigenvalue weighted by molar-refractivity contribution is 7.91. The SMILES string of the molecule is CO/C=C\C=C\CN=C(N[C@@H]1CS(=O)(=O)C[C@H]1Cl)C(Cl)(Cl)Cl. The van der Waals surface area contributed by atoms with Gasteiger partial charge in [-0.05, 0) is 6.08 Å². The number of allylic oxidation sites excluding steroid dienone is 2. The van der Waals surface area contributed by atoms with E-state index in [1.807, 2.05) is 0 Å². The molecule has 1 fully saturated rings. The van der Waals surface area contributed by atoms with Crippen LogP contribution < -0.4 is 5.32 Å². The van der Waals surface area contributed by atoms with Crippen LogP contribution in [0, 0.1) is 0 Å². The van der Waals surface area contributed by atoms with Crippen molar-refractivity contribution in [3.63, 3.8) is 0 Å². The van der Waals surface area contributed by atoms with Gasteiger partial charge in [-0.25, -0.2) is 8.42 Å². The molecule has 1 N–H and O–H groups in total. The summed E-state index contributed by atoms with van der Waals surface area (Å²) >= 11 is 23.6. The number of sulfone groups is 1. The van der Waals surface area contributed by atoms with Gasteiger partial charge >= 0.3 is 0 Å². The molecular weight excluding hydrogens is 394 g/mol. The zero-order chi connectivity index (χ0) is 16.8. The molecule has 126 valence electrons. The molecule has 0 aromatic rings. The Hall–Kier alpha value is -0.140. The minimum atomic E-state index is -3.19. The van der Waals surface area contributed by atoms with Crippen LogP contribution in [-0.2, 0) is 14.6 Å². The third kappa shape index (κ3) is 6.96. The van der Waals surface area contributed by atoms with Crippen molar-refractivity contribution in [1.29, 1.82) is 0 Å². The number of amidine groups is 1. The fraction of sp³-hybridized carbons (Fsp3) is 0.583. The van der Waals surface area contributed by atoms with Crippen molar-refractivity contribution < 1.29 is 13.2 Å². The Bertz CT molecular complexity index is 555. The van der Waals surface area contributed by atoms with Crippen LogP contribution in [-0.4, -0.2) is 54.6 Å². The summed E-state index contributed by atoms with van der Waals surface area (Å²) in [5.74, 6) is -0.167. The molecule has 0 radical (unpaired) electrons. The molecule has 10 heteroatoms. The molecule has 5 nitrogen and oxygen atoms in total. The summed E-state index contributed by atoms with van der Waals surface area (Å²) in [4.78, 5) is 4.13. The van der Waals surface area contributed by atoms with E-state index in [0.29, 0.717) is 0 Å². The van der Waals surface area contributed by atoms with E-state index < -0.39 is 25.0 Å². The lowest BCUT2D eigenvalue weighted by atomic mass is 10.2. The molecule has 2 atom stereocenters. The number of rotatable bonds is 5. The number of alkyl halides is 4. The van der Waals surface area contributed by atoms with Crippen molar-refractivity contribution >= 4 is 62.1 Å². The smallest absolute Gasteiger partial charge is 0.247 e. The Balaban J connectivity index is 2.74. The summed E-state index contributed by atoms with van der Waals surface area (Å²) < 4.78 is 26.0. The number of hydrogen-bond donors (Lipinski definition) is 1. The molecule has 1 aliphatic rings. The average molecular weight is 410 g/mol. The Labute approximate surface area is 150 Å². The van der Waals surface area contributed by atoms with Gasteiger partial charge in [0, 0.05) is 0 Å². The number of aliphatic imine (C=N–C) groups is 1. The molecule has 0 saturated carbocycles. The number of halogens is 4. The van der Waals surface area contributed by atoms with Crippen LogP contribution >= 0.6 is 46.4 Å². The molecule has 0 unspecified atom stereocenters. The van der Waals surface area contributed by atoms with Crippen molar-refractivity contribution in [3.05, 3.63) is 24.5 Å². The standard InChI is InChI=1S/C12H16Cl4N2O3S/c1-21-6-4-2-3-5-17-11(12(14,15)16)18-10-8-22(19,20)7-9(10)13/h2-4,6,9-10H,5,7-8H2,1H3,(H,17,18)/b3-2+,6-4-/t9-,10-/m1/s1. The summed E-state index contributed by atoms with van der Waals surface area (Å²) in [6, 6.07) is -0.543. The molecule has 1 saturated heterocycles. The van der Waals surface area contributed by atoms with E-state index >= 15 is 0 Å². The van der Waals surface area contributed by atoms with Crippen molar-refractivity contribution in [2.24, 2.45) is 4.99 Å². The number of nitrogens with one attached hydrogen (secondary N) is 1. The molecule has 0 aromatic carbocycles. The Kier molecular flexibility index (Phi) is 7.82. The van der Waals surface area contributed by atoms with Gasteiger partial charge in [-0.1, -0.05) is 47.0 Å². The number of hydrogen-bond acceptors (Lipinski definition) is 4. The van der Waals surface area contributed by atoms with Gasteiger partial charge in [-0.3, -0.25) is 4.99 Å². The van der Waals surface area contributed by atoms with Crippen LogP contribution in [0.1, 0.15) is 0 Å². The van der Waals surface area contributed by atoms with Gasteiger partial charge in [0.05, 0.1) is 42.8 Å². The molecule has 0 aliphatic carbocycles. The van der Waals surface area contributed by atoms with E-state index in [1.54, 1.807) is 18.2 Å².